The van der Waals surface area contributed by atoms with E-state index in [0.717, 1.165) is 15.6 Å². The van der Waals surface area contributed by atoms with Gasteiger partial charge in [-0.3, -0.25) is 0 Å². The van der Waals surface area contributed by atoms with Crippen molar-refractivity contribution in [3.63, 3.8) is 0 Å². The molecule has 3 heteroatoms. The second-order valence-corrected chi connectivity index (χ2v) is 6.14. The van der Waals surface area contributed by atoms with Crippen molar-refractivity contribution in [3.05, 3.63) is 63.6 Å². The first-order valence-corrected chi connectivity index (χ1v) is 7.57. The first-order valence-electron chi connectivity index (χ1n) is 6.78. The third-order valence-electron chi connectivity index (χ3n) is 3.52. The lowest BCUT2D eigenvalue weighted by atomic mass is 10.0. The van der Waals surface area contributed by atoms with Crippen LogP contribution in [-0.2, 0) is 0 Å². The third-order valence-corrected chi connectivity index (χ3v) is 4.05. The van der Waals surface area contributed by atoms with Gasteiger partial charge in [0.05, 0.1) is 0 Å². The van der Waals surface area contributed by atoms with Gasteiger partial charge in [-0.25, -0.2) is 0 Å². The third kappa shape index (κ3) is 3.62. The number of benzene rings is 2. The first kappa shape index (κ1) is 15.1. The number of rotatable bonds is 4. The molecule has 0 saturated heterocycles. The van der Waals surface area contributed by atoms with Crippen LogP contribution in [-0.4, -0.2) is 5.11 Å². The van der Waals surface area contributed by atoms with Crippen LogP contribution in [0.25, 0.3) is 0 Å². The fourth-order valence-electron chi connectivity index (χ4n) is 2.33. The molecule has 0 radical (unpaired) electrons. The van der Waals surface area contributed by atoms with Gasteiger partial charge in [-0.05, 0) is 44.5 Å². The molecule has 0 aromatic heterocycles. The van der Waals surface area contributed by atoms with Gasteiger partial charge in [0.25, 0.3) is 0 Å². The molecule has 2 N–H and O–H groups in total. The molecule has 0 amide bonds. The standard InChI is InChI=1S/C17H20BrNO/c1-11-4-9-17(20)16(10-11)13(3)19-12(2)14-5-7-15(18)8-6-14/h4-10,12-13,19-20H,1-3H3/t12-,13?/m0/s1. The fraction of sp³-hybridized carbons (Fsp3) is 0.294. The number of hydrogen-bond donors (Lipinski definition) is 2. The molecule has 0 bridgehead atoms. The molecule has 2 nitrogen and oxygen atoms in total. The van der Waals surface area contributed by atoms with Crippen molar-refractivity contribution >= 4 is 15.9 Å². The van der Waals surface area contributed by atoms with Crippen molar-refractivity contribution in [3.8, 4) is 5.75 Å². The molecule has 0 fully saturated rings. The lowest BCUT2D eigenvalue weighted by Gasteiger charge is -2.22. The van der Waals surface area contributed by atoms with E-state index in [0.29, 0.717) is 5.75 Å². The van der Waals surface area contributed by atoms with E-state index in [1.54, 1.807) is 6.07 Å². The van der Waals surface area contributed by atoms with Gasteiger partial charge < -0.3 is 10.4 Å². The van der Waals surface area contributed by atoms with Gasteiger partial charge in [0.2, 0.25) is 0 Å². The van der Waals surface area contributed by atoms with Crippen LogP contribution in [0.4, 0.5) is 0 Å². The molecule has 0 spiro atoms. The van der Waals surface area contributed by atoms with Crippen LogP contribution in [0.3, 0.4) is 0 Å². The average Bonchev–Trinajstić information content (AvgIpc) is 2.42. The van der Waals surface area contributed by atoms with E-state index >= 15 is 0 Å². The Balaban J connectivity index is 2.12. The van der Waals surface area contributed by atoms with Crippen LogP contribution >= 0.6 is 15.9 Å². The molecule has 0 saturated carbocycles. The number of aryl methyl sites for hydroxylation is 1. The summed E-state index contributed by atoms with van der Waals surface area (Å²) in [6, 6.07) is 14.3. The van der Waals surface area contributed by atoms with E-state index in [2.05, 4.69) is 47.2 Å². The quantitative estimate of drug-likeness (QED) is 0.836. The summed E-state index contributed by atoms with van der Waals surface area (Å²) in [5.41, 5.74) is 3.32. The Bertz CT molecular complexity index is 580. The second kappa shape index (κ2) is 6.42. The van der Waals surface area contributed by atoms with Crippen molar-refractivity contribution in [1.82, 2.24) is 5.32 Å². The van der Waals surface area contributed by atoms with E-state index in [1.807, 2.05) is 31.2 Å². The zero-order valence-electron chi connectivity index (χ0n) is 12.0. The molecule has 2 aromatic rings. The molecule has 0 heterocycles. The Morgan fingerprint density at radius 3 is 2.30 bits per heavy atom. The van der Waals surface area contributed by atoms with Crippen LogP contribution in [0.1, 0.15) is 42.6 Å². The maximum absolute atomic E-state index is 9.98. The van der Waals surface area contributed by atoms with Gasteiger partial charge in [0.15, 0.2) is 0 Å². The van der Waals surface area contributed by atoms with Gasteiger partial charge >= 0.3 is 0 Å². The Kier molecular flexibility index (Phi) is 4.84. The summed E-state index contributed by atoms with van der Waals surface area (Å²) in [5, 5.41) is 13.5. The summed E-state index contributed by atoms with van der Waals surface area (Å²) in [7, 11) is 0. The predicted octanol–water partition coefficient (Wildman–Crippen LogP) is 4.87. The second-order valence-electron chi connectivity index (χ2n) is 5.22. The molecule has 1 unspecified atom stereocenters. The summed E-state index contributed by atoms with van der Waals surface area (Å²) in [4.78, 5) is 0. The number of phenolic OH excluding ortho intramolecular Hbond substituents is 1. The summed E-state index contributed by atoms with van der Waals surface area (Å²) < 4.78 is 1.08. The number of hydrogen-bond acceptors (Lipinski definition) is 2. The SMILES string of the molecule is Cc1ccc(O)c(C(C)N[C@@H](C)c2ccc(Br)cc2)c1. The highest BCUT2D eigenvalue weighted by atomic mass is 79.9. The van der Waals surface area contributed by atoms with Gasteiger partial charge in [0, 0.05) is 22.1 Å². The van der Waals surface area contributed by atoms with Gasteiger partial charge in [-0.15, -0.1) is 0 Å². The van der Waals surface area contributed by atoms with Crippen molar-refractivity contribution in [2.45, 2.75) is 32.9 Å². The number of phenols is 1. The van der Waals surface area contributed by atoms with Crippen molar-refractivity contribution < 1.29 is 5.11 Å². The molecular weight excluding hydrogens is 314 g/mol. The Hall–Kier alpha value is -1.32. The molecule has 0 aliphatic carbocycles. The smallest absolute Gasteiger partial charge is 0.120 e. The minimum Gasteiger partial charge on any atom is -0.508 e. The monoisotopic (exact) mass is 333 g/mol. The molecular formula is C17H20BrNO. The summed E-state index contributed by atoms with van der Waals surface area (Å²) >= 11 is 3.45. The molecule has 106 valence electrons. The predicted molar refractivity (Wildman–Crippen MR) is 87.0 cm³/mol. The number of aromatic hydroxyl groups is 1. The highest BCUT2D eigenvalue weighted by Gasteiger charge is 2.14. The van der Waals surface area contributed by atoms with Crippen molar-refractivity contribution in [2.24, 2.45) is 0 Å². The largest absolute Gasteiger partial charge is 0.508 e. The zero-order valence-corrected chi connectivity index (χ0v) is 13.6. The topological polar surface area (TPSA) is 32.3 Å². The number of nitrogens with one attached hydrogen (secondary N) is 1. The molecule has 2 atom stereocenters. The van der Waals surface area contributed by atoms with E-state index in [9.17, 15) is 5.11 Å². The van der Waals surface area contributed by atoms with Crippen LogP contribution in [0.2, 0.25) is 0 Å². The van der Waals surface area contributed by atoms with Crippen LogP contribution in [0.15, 0.2) is 46.9 Å². The minimum atomic E-state index is 0.0912. The first-order chi connectivity index (χ1) is 9.47. The van der Waals surface area contributed by atoms with E-state index < -0.39 is 0 Å². The van der Waals surface area contributed by atoms with Gasteiger partial charge in [-0.1, -0.05) is 45.8 Å². The molecule has 20 heavy (non-hydrogen) atoms. The Morgan fingerprint density at radius 1 is 1.00 bits per heavy atom. The Labute approximate surface area is 129 Å². The number of halogens is 1. The summed E-state index contributed by atoms with van der Waals surface area (Å²) in [6.45, 7) is 6.24. The van der Waals surface area contributed by atoms with Crippen LogP contribution in [0.5, 0.6) is 5.75 Å². The van der Waals surface area contributed by atoms with Crippen molar-refractivity contribution in [2.75, 3.05) is 0 Å². The van der Waals surface area contributed by atoms with E-state index in [1.165, 1.54) is 5.56 Å². The lowest BCUT2D eigenvalue weighted by molar-refractivity contribution is 0.438. The van der Waals surface area contributed by atoms with Gasteiger partial charge in [-0.2, -0.15) is 0 Å². The molecule has 2 rings (SSSR count). The molecule has 2 aromatic carbocycles. The lowest BCUT2D eigenvalue weighted by Crippen LogP contribution is -2.22. The normalized spacial score (nSPS) is 14.0. The summed E-state index contributed by atoms with van der Waals surface area (Å²) in [6.07, 6.45) is 0. The maximum Gasteiger partial charge on any atom is 0.120 e. The Morgan fingerprint density at radius 2 is 1.65 bits per heavy atom. The zero-order chi connectivity index (χ0) is 14.7. The highest BCUT2D eigenvalue weighted by molar-refractivity contribution is 9.10. The fourth-order valence-corrected chi connectivity index (χ4v) is 2.60. The van der Waals surface area contributed by atoms with E-state index in [-0.39, 0.29) is 12.1 Å². The van der Waals surface area contributed by atoms with Crippen LogP contribution in [0, 0.1) is 6.92 Å². The highest BCUT2D eigenvalue weighted by Crippen LogP contribution is 2.27. The molecule has 0 aliphatic heterocycles. The maximum atomic E-state index is 9.98. The van der Waals surface area contributed by atoms with Gasteiger partial charge in [0.1, 0.15) is 5.75 Å². The van der Waals surface area contributed by atoms with E-state index in [4.69, 9.17) is 0 Å². The summed E-state index contributed by atoms with van der Waals surface area (Å²) in [5.74, 6) is 0.346. The van der Waals surface area contributed by atoms with Crippen LogP contribution < -0.4 is 5.32 Å². The minimum absolute atomic E-state index is 0.0912. The van der Waals surface area contributed by atoms with Crippen molar-refractivity contribution in [1.29, 1.82) is 0 Å². The average molecular weight is 334 g/mol. The molecule has 0 aliphatic rings.